The van der Waals surface area contributed by atoms with E-state index >= 15 is 0 Å². The number of halogens is 1. The number of quaternary nitrogens is 1. The molecule has 0 heterocycles. The van der Waals surface area contributed by atoms with E-state index in [2.05, 4.69) is 10.6 Å². The predicted molar refractivity (Wildman–Crippen MR) is 99.5 cm³/mol. The summed E-state index contributed by atoms with van der Waals surface area (Å²) in [6.07, 6.45) is 0.638. The van der Waals surface area contributed by atoms with E-state index in [-0.39, 0.29) is 30.7 Å². The summed E-state index contributed by atoms with van der Waals surface area (Å²) in [7, 11) is 1.80. The van der Waals surface area contributed by atoms with Crippen molar-refractivity contribution in [2.45, 2.75) is 13.3 Å². The van der Waals surface area contributed by atoms with Crippen molar-refractivity contribution in [1.29, 1.82) is 0 Å². The SMILES string of the molecule is Cc1ccc(NC(=O)C[NH+](C)CC(=O)NCCc2ccc(F)cc2)cc1. The molecule has 6 heteroatoms. The normalized spacial score (nSPS) is 11.7. The van der Waals surface area contributed by atoms with Crippen molar-refractivity contribution in [1.82, 2.24) is 5.32 Å². The van der Waals surface area contributed by atoms with Gasteiger partial charge in [-0.05, 0) is 43.2 Å². The summed E-state index contributed by atoms with van der Waals surface area (Å²) in [5.74, 6) is -0.523. The lowest BCUT2D eigenvalue weighted by Gasteiger charge is -2.14. The minimum absolute atomic E-state index is 0.118. The highest BCUT2D eigenvalue weighted by Crippen LogP contribution is 2.07. The topological polar surface area (TPSA) is 62.6 Å². The number of likely N-dealkylation sites (N-methyl/N-ethyl adjacent to an activating group) is 1. The van der Waals surface area contributed by atoms with Gasteiger partial charge in [0, 0.05) is 12.2 Å². The third-order valence-corrected chi connectivity index (χ3v) is 3.91. The average Bonchev–Trinajstić information content (AvgIpc) is 2.58. The fourth-order valence-electron chi connectivity index (χ4n) is 2.51. The highest BCUT2D eigenvalue weighted by atomic mass is 19.1. The molecule has 2 rings (SSSR count). The lowest BCUT2D eigenvalue weighted by molar-refractivity contribution is -0.862. The molecule has 2 aromatic rings. The number of aryl methyl sites for hydroxylation is 1. The molecule has 0 aromatic heterocycles. The van der Waals surface area contributed by atoms with E-state index in [9.17, 15) is 14.0 Å². The monoisotopic (exact) mass is 358 g/mol. The van der Waals surface area contributed by atoms with Gasteiger partial charge in [-0.1, -0.05) is 29.8 Å². The molecule has 1 atom stereocenters. The van der Waals surface area contributed by atoms with Crippen LogP contribution in [0.2, 0.25) is 0 Å². The molecule has 2 amide bonds. The van der Waals surface area contributed by atoms with Gasteiger partial charge in [-0.15, -0.1) is 0 Å². The van der Waals surface area contributed by atoms with Crippen LogP contribution in [-0.4, -0.2) is 38.5 Å². The molecular weight excluding hydrogens is 333 g/mol. The molecule has 3 N–H and O–H groups in total. The third kappa shape index (κ3) is 7.03. The van der Waals surface area contributed by atoms with Gasteiger partial charge in [-0.25, -0.2) is 4.39 Å². The number of hydrogen-bond donors (Lipinski definition) is 3. The molecule has 0 aliphatic carbocycles. The van der Waals surface area contributed by atoms with Crippen LogP contribution >= 0.6 is 0 Å². The van der Waals surface area contributed by atoms with Crippen molar-refractivity contribution < 1.29 is 18.9 Å². The van der Waals surface area contributed by atoms with Gasteiger partial charge < -0.3 is 15.5 Å². The first-order valence-electron chi connectivity index (χ1n) is 8.61. The smallest absolute Gasteiger partial charge is 0.279 e. The molecule has 0 aliphatic heterocycles. The lowest BCUT2D eigenvalue weighted by atomic mass is 10.1. The molecule has 26 heavy (non-hydrogen) atoms. The van der Waals surface area contributed by atoms with Crippen LogP contribution in [0.1, 0.15) is 11.1 Å². The summed E-state index contributed by atoms with van der Waals surface area (Å²) in [5, 5.41) is 5.64. The Kier molecular flexibility index (Phi) is 7.29. The molecule has 1 unspecified atom stereocenters. The van der Waals surface area contributed by atoms with Gasteiger partial charge >= 0.3 is 0 Å². The van der Waals surface area contributed by atoms with E-state index in [0.29, 0.717) is 13.0 Å². The van der Waals surface area contributed by atoms with E-state index in [0.717, 1.165) is 21.7 Å². The van der Waals surface area contributed by atoms with Crippen LogP contribution in [0, 0.1) is 12.7 Å². The number of amides is 2. The van der Waals surface area contributed by atoms with Gasteiger partial charge in [0.1, 0.15) is 5.82 Å². The maximum Gasteiger partial charge on any atom is 0.279 e. The van der Waals surface area contributed by atoms with Crippen LogP contribution in [0.15, 0.2) is 48.5 Å². The zero-order valence-electron chi connectivity index (χ0n) is 15.1. The number of benzene rings is 2. The highest BCUT2D eigenvalue weighted by Gasteiger charge is 2.14. The Balaban J connectivity index is 1.66. The number of rotatable bonds is 8. The van der Waals surface area contributed by atoms with Crippen LogP contribution in [0.5, 0.6) is 0 Å². The summed E-state index contributed by atoms with van der Waals surface area (Å²) < 4.78 is 12.8. The number of hydrogen-bond acceptors (Lipinski definition) is 2. The Morgan fingerprint density at radius 2 is 1.58 bits per heavy atom. The van der Waals surface area contributed by atoms with E-state index in [1.54, 1.807) is 19.2 Å². The fraction of sp³-hybridized carbons (Fsp3) is 0.300. The summed E-state index contributed by atoms with van der Waals surface area (Å²) >= 11 is 0. The van der Waals surface area contributed by atoms with Crippen molar-refractivity contribution >= 4 is 17.5 Å². The second-order valence-corrected chi connectivity index (χ2v) is 6.45. The van der Waals surface area contributed by atoms with Crippen molar-refractivity contribution in [3.63, 3.8) is 0 Å². The quantitative estimate of drug-likeness (QED) is 0.658. The number of nitrogens with one attached hydrogen (secondary N) is 3. The Labute approximate surface area is 153 Å². The zero-order valence-corrected chi connectivity index (χ0v) is 15.1. The fourth-order valence-corrected chi connectivity index (χ4v) is 2.51. The molecule has 0 spiro atoms. The number of carbonyl (C=O) groups is 2. The lowest BCUT2D eigenvalue weighted by Crippen LogP contribution is -3.11. The molecule has 0 fully saturated rings. The van der Waals surface area contributed by atoms with Crippen LogP contribution in [0.25, 0.3) is 0 Å². The molecule has 0 saturated heterocycles. The molecule has 0 saturated carbocycles. The molecule has 5 nitrogen and oxygen atoms in total. The third-order valence-electron chi connectivity index (χ3n) is 3.91. The Morgan fingerprint density at radius 3 is 2.23 bits per heavy atom. The van der Waals surface area contributed by atoms with Crippen molar-refractivity contribution in [2.75, 3.05) is 32.0 Å². The van der Waals surface area contributed by atoms with Gasteiger partial charge in [-0.2, -0.15) is 0 Å². The van der Waals surface area contributed by atoms with E-state index in [1.165, 1.54) is 12.1 Å². The Bertz CT molecular complexity index is 730. The maximum atomic E-state index is 12.8. The molecule has 138 valence electrons. The maximum absolute atomic E-state index is 12.8. The predicted octanol–water partition coefficient (Wildman–Crippen LogP) is 0.946. The first kappa shape index (κ1) is 19.6. The molecule has 2 aromatic carbocycles. The number of carbonyl (C=O) groups excluding carboxylic acids is 2. The first-order valence-corrected chi connectivity index (χ1v) is 8.61. The highest BCUT2D eigenvalue weighted by molar-refractivity contribution is 5.91. The van der Waals surface area contributed by atoms with E-state index in [1.807, 2.05) is 31.2 Å². The summed E-state index contributed by atoms with van der Waals surface area (Å²) in [5.41, 5.74) is 2.84. The van der Waals surface area contributed by atoms with Gasteiger partial charge in [-0.3, -0.25) is 9.59 Å². The van der Waals surface area contributed by atoms with Crippen molar-refractivity contribution in [3.8, 4) is 0 Å². The van der Waals surface area contributed by atoms with Crippen LogP contribution < -0.4 is 15.5 Å². The van der Waals surface area contributed by atoms with Crippen LogP contribution in [0.3, 0.4) is 0 Å². The molecule has 0 radical (unpaired) electrons. The van der Waals surface area contributed by atoms with Crippen LogP contribution in [-0.2, 0) is 16.0 Å². The zero-order chi connectivity index (χ0) is 18.9. The largest absolute Gasteiger partial charge is 0.351 e. The van der Waals surface area contributed by atoms with E-state index in [4.69, 9.17) is 0 Å². The second-order valence-electron chi connectivity index (χ2n) is 6.45. The van der Waals surface area contributed by atoms with Crippen LogP contribution in [0.4, 0.5) is 10.1 Å². The van der Waals surface area contributed by atoms with E-state index < -0.39 is 0 Å². The summed E-state index contributed by atoms with van der Waals surface area (Å²) in [6.45, 7) is 2.88. The first-order chi connectivity index (χ1) is 12.4. The van der Waals surface area contributed by atoms with Crippen molar-refractivity contribution in [2.24, 2.45) is 0 Å². The Morgan fingerprint density at radius 1 is 0.962 bits per heavy atom. The Hall–Kier alpha value is -2.73. The summed E-state index contributed by atoms with van der Waals surface area (Å²) in [6, 6.07) is 13.8. The van der Waals surface area contributed by atoms with Gasteiger partial charge in [0.25, 0.3) is 11.8 Å². The second kappa shape index (κ2) is 9.68. The van der Waals surface area contributed by atoms with Gasteiger partial charge in [0.15, 0.2) is 13.1 Å². The van der Waals surface area contributed by atoms with Gasteiger partial charge in [0.2, 0.25) is 0 Å². The minimum atomic E-state index is -0.271. The molecule has 0 aliphatic rings. The summed E-state index contributed by atoms with van der Waals surface area (Å²) in [4.78, 5) is 24.8. The van der Waals surface area contributed by atoms with Crippen molar-refractivity contribution in [3.05, 3.63) is 65.5 Å². The molecular formula is C20H25FN3O2+. The standard InChI is InChI=1S/C20H24FN3O2/c1-15-3-9-18(10-4-15)23-20(26)14-24(2)13-19(25)22-12-11-16-5-7-17(21)8-6-16/h3-10H,11-14H2,1-2H3,(H,22,25)(H,23,26)/p+1. The average molecular weight is 358 g/mol. The minimum Gasteiger partial charge on any atom is -0.351 e. The van der Waals surface area contributed by atoms with Gasteiger partial charge in [0.05, 0.1) is 7.05 Å². The molecule has 0 bridgehead atoms. The number of anilines is 1.